The minimum atomic E-state index is -0.702. The Morgan fingerprint density at radius 1 is 1.50 bits per heavy atom. The zero-order chi connectivity index (χ0) is 10.7. The van der Waals surface area contributed by atoms with Gasteiger partial charge in [-0.2, -0.15) is 0 Å². The minimum Gasteiger partial charge on any atom is -0.392 e. The Labute approximate surface area is 82.0 Å². The number of benzene rings is 1. The summed E-state index contributed by atoms with van der Waals surface area (Å²) in [4.78, 5) is 0. The zero-order valence-electron chi connectivity index (χ0n) is 7.94. The molecule has 0 radical (unpaired) electrons. The summed E-state index contributed by atoms with van der Waals surface area (Å²) in [6, 6.07) is 3.66. The highest BCUT2D eigenvalue weighted by Gasteiger charge is 2.13. The van der Waals surface area contributed by atoms with E-state index in [1.807, 2.05) is 0 Å². The number of nitrogens with two attached hydrogens (primary N) is 1. The van der Waals surface area contributed by atoms with E-state index in [-0.39, 0.29) is 12.2 Å². The van der Waals surface area contributed by atoms with E-state index >= 15 is 0 Å². The minimum absolute atomic E-state index is 0.193. The second-order valence-electron chi connectivity index (χ2n) is 3.28. The van der Waals surface area contributed by atoms with E-state index in [9.17, 15) is 9.50 Å². The number of aliphatic hydroxyl groups is 2. The average molecular weight is 199 g/mol. The van der Waals surface area contributed by atoms with Gasteiger partial charge in [0, 0.05) is 5.56 Å². The molecule has 0 saturated carbocycles. The van der Waals surface area contributed by atoms with Gasteiger partial charge in [0.05, 0.1) is 18.8 Å². The van der Waals surface area contributed by atoms with Crippen molar-refractivity contribution >= 4 is 0 Å². The van der Waals surface area contributed by atoms with Crippen LogP contribution in [0.5, 0.6) is 0 Å². The monoisotopic (exact) mass is 199 g/mol. The molecule has 0 aliphatic heterocycles. The van der Waals surface area contributed by atoms with Crippen LogP contribution >= 0.6 is 0 Å². The number of rotatable bonds is 3. The quantitative estimate of drug-likeness (QED) is 0.671. The molecule has 0 amide bonds. The summed E-state index contributed by atoms with van der Waals surface area (Å²) in [5, 5.41) is 18.0. The van der Waals surface area contributed by atoms with Crippen LogP contribution in [-0.2, 0) is 6.61 Å². The molecule has 1 rings (SSSR count). The first-order chi connectivity index (χ1) is 6.56. The second kappa shape index (κ2) is 4.50. The first kappa shape index (κ1) is 11.1. The van der Waals surface area contributed by atoms with Gasteiger partial charge in [-0.3, -0.25) is 0 Å². The smallest absolute Gasteiger partial charge is 0.128 e. The molecule has 78 valence electrons. The van der Waals surface area contributed by atoms with Crippen molar-refractivity contribution in [3.8, 4) is 0 Å². The van der Waals surface area contributed by atoms with Crippen LogP contribution in [0.15, 0.2) is 18.2 Å². The largest absolute Gasteiger partial charge is 0.392 e. The van der Waals surface area contributed by atoms with E-state index in [1.54, 1.807) is 6.92 Å². The van der Waals surface area contributed by atoms with Gasteiger partial charge in [-0.05, 0) is 24.6 Å². The van der Waals surface area contributed by atoms with Crippen molar-refractivity contribution in [3.05, 3.63) is 35.1 Å². The topological polar surface area (TPSA) is 66.5 Å². The molecular weight excluding hydrogens is 185 g/mol. The van der Waals surface area contributed by atoms with E-state index in [2.05, 4.69) is 0 Å². The van der Waals surface area contributed by atoms with E-state index < -0.39 is 18.0 Å². The summed E-state index contributed by atoms with van der Waals surface area (Å²) in [5.41, 5.74) is 6.47. The fourth-order valence-corrected chi connectivity index (χ4v) is 1.20. The lowest BCUT2D eigenvalue weighted by Crippen LogP contribution is -2.23. The third kappa shape index (κ3) is 2.29. The number of hydrogen-bond donors (Lipinski definition) is 3. The maximum absolute atomic E-state index is 13.0. The van der Waals surface area contributed by atoms with Gasteiger partial charge in [0.15, 0.2) is 0 Å². The SMILES string of the molecule is CC(O)C(N)c1ccc(F)c(CO)c1. The fraction of sp³-hybridized carbons (Fsp3) is 0.400. The molecule has 2 atom stereocenters. The molecule has 0 heterocycles. The van der Waals surface area contributed by atoms with Gasteiger partial charge < -0.3 is 15.9 Å². The molecule has 14 heavy (non-hydrogen) atoms. The fourth-order valence-electron chi connectivity index (χ4n) is 1.20. The summed E-state index contributed by atoms with van der Waals surface area (Å²) >= 11 is 0. The van der Waals surface area contributed by atoms with Crippen LogP contribution in [0, 0.1) is 5.82 Å². The third-order valence-corrected chi connectivity index (χ3v) is 2.14. The average Bonchev–Trinajstić information content (AvgIpc) is 2.17. The maximum atomic E-state index is 13.0. The Morgan fingerprint density at radius 3 is 2.64 bits per heavy atom. The molecule has 1 aromatic rings. The first-order valence-electron chi connectivity index (χ1n) is 4.39. The Morgan fingerprint density at radius 2 is 2.14 bits per heavy atom. The lowest BCUT2D eigenvalue weighted by molar-refractivity contribution is 0.164. The van der Waals surface area contributed by atoms with E-state index in [4.69, 9.17) is 10.8 Å². The molecule has 2 unspecified atom stereocenters. The Balaban J connectivity index is 3.00. The molecule has 0 fully saturated rings. The van der Waals surface area contributed by atoms with Crippen molar-refractivity contribution in [3.63, 3.8) is 0 Å². The molecule has 0 spiro atoms. The summed E-state index contributed by atoms with van der Waals surface area (Å²) in [5.74, 6) is -0.464. The van der Waals surface area contributed by atoms with Crippen molar-refractivity contribution in [1.82, 2.24) is 0 Å². The summed E-state index contributed by atoms with van der Waals surface area (Å²) in [6.07, 6.45) is -0.702. The summed E-state index contributed by atoms with van der Waals surface area (Å²) in [7, 11) is 0. The molecule has 3 nitrogen and oxygen atoms in total. The van der Waals surface area contributed by atoms with Gasteiger partial charge in [0.1, 0.15) is 5.82 Å². The van der Waals surface area contributed by atoms with E-state index in [0.29, 0.717) is 5.56 Å². The predicted molar refractivity (Wildman–Crippen MR) is 50.9 cm³/mol. The standard InChI is InChI=1S/C10H14FNO2/c1-6(14)10(12)7-2-3-9(11)8(4-7)5-13/h2-4,6,10,13-14H,5,12H2,1H3. The third-order valence-electron chi connectivity index (χ3n) is 2.14. The first-order valence-corrected chi connectivity index (χ1v) is 4.39. The zero-order valence-corrected chi connectivity index (χ0v) is 7.94. The highest BCUT2D eigenvalue weighted by Crippen LogP contribution is 2.18. The number of aliphatic hydroxyl groups excluding tert-OH is 2. The molecule has 1 aromatic carbocycles. The van der Waals surface area contributed by atoms with Crippen LogP contribution in [0.4, 0.5) is 4.39 Å². The number of halogens is 1. The maximum Gasteiger partial charge on any atom is 0.128 e. The lowest BCUT2D eigenvalue weighted by atomic mass is 10.0. The van der Waals surface area contributed by atoms with Crippen molar-refractivity contribution in [2.75, 3.05) is 0 Å². The summed E-state index contributed by atoms with van der Waals surface area (Å²) < 4.78 is 13.0. The Bertz CT molecular complexity index is 315. The Hall–Kier alpha value is -0.970. The van der Waals surface area contributed by atoms with Gasteiger partial charge in [0.25, 0.3) is 0 Å². The molecule has 0 bridgehead atoms. The summed E-state index contributed by atoms with van der Waals surface area (Å²) in [6.45, 7) is 1.19. The van der Waals surface area contributed by atoms with Gasteiger partial charge in [-0.15, -0.1) is 0 Å². The molecule has 0 saturated heterocycles. The van der Waals surface area contributed by atoms with Crippen molar-refractivity contribution in [2.45, 2.75) is 25.7 Å². The molecule has 0 aliphatic carbocycles. The van der Waals surface area contributed by atoms with Crippen LogP contribution in [0.25, 0.3) is 0 Å². The second-order valence-corrected chi connectivity index (χ2v) is 3.28. The molecule has 0 aromatic heterocycles. The Kier molecular flexibility index (Phi) is 3.57. The van der Waals surface area contributed by atoms with Crippen LogP contribution in [0.3, 0.4) is 0 Å². The normalized spacial score (nSPS) is 15.2. The number of hydrogen-bond acceptors (Lipinski definition) is 3. The van der Waals surface area contributed by atoms with Crippen molar-refractivity contribution in [2.24, 2.45) is 5.73 Å². The molecule has 4 N–H and O–H groups in total. The van der Waals surface area contributed by atoms with Gasteiger partial charge in [-0.1, -0.05) is 6.07 Å². The van der Waals surface area contributed by atoms with Crippen LogP contribution in [-0.4, -0.2) is 16.3 Å². The van der Waals surface area contributed by atoms with E-state index in [0.717, 1.165) is 0 Å². The molecule has 0 aliphatic rings. The van der Waals surface area contributed by atoms with Crippen molar-refractivity contribution in [1.29, 1.82) is 0 Å². The van der Waals surface area contributed by atoms with Crippen LogP contribution < -0.4 is 5.73 Å². The van der Waals surface area contributed by atoms with Gasteiger partial charge in [-0.25, -0.2) is 4.39 Å². The van der Waals surface area contributed by atoms with Crippen LogP contribution in [0.1, 0.15) is 24.1 Å². The van der Waals surface area contributed by atoms with Gasteiger partial charge >= 0.3 is 0 Å². The molecule has 4 heteroatoms. The van der Waals surface area contributed by atoms with Gasteiger partial charge in [0.2, 0.25) is 0 Å². The highest BCUT2D eigenvalue weighted by atomic mass is 19.1. The van der Waals surface area contributed by atoms with Crippen molar-refractivity contribution < 1.29 is 14.6 Å². The lowest BCUT2D eigenvalue weighted by Gasteiger charge is -2.15. The van der Waals surface area contributed by atoms with Crippen LogP contribution in [0.2, 0.25) is 0 Å². The van der Waals surface area contributed by atoms with E-state index in [1.165, 1.54) is 18.2 Å². The predicted octanol–water partition coefficient (Wildman–Crippen LogP) is 0.699. The highest BCUT2D eigenvalue weighted by molar-refractivity contribution is 5.27. The molecular formula is C10H14FNO2.